The van der Waals surface area contributed by atoms with Gasteiger partial charge in [-0.25, -0.2) is 0 Å². The first-order chi connectivity index (χ1) is 10.5. The highest BCUT2D eigenvalue weighted by molar-refractivity contribution is 8.00. The second-order valence-electron chi connectivity index (χ2n) is 6.97. The Bertz CT molecular complexity index is 382. The lowest BCUT2D eigenvalue weighted by atomic mass is 9.81. The zero-order valence-electron chi connectivity index (χ0n) is 14.2. The topological polar surface area (TPSA) is 57.1 Å². The number of thioether (sulfide) groups is 1. The zero-order valence-corrected chi connectivity index (χ0v) is 15.0. The normalized spacial score (nSPS) is 25.1. The quantitative estimate of drug-likeness (QED) is 0.606. The van der Waals surface area contributed by atoms with E-state index in [1.807, 2.05) is 11.8 Å². The number of hydrogen-bond acceptors (Lipinski definition) is 4. The fraction of sp³-hybridized carbons (Fsp3) is 0.938. The third-order valence-corrected chi connectivity index (χ3v) is 5.81. The average Bonchev–Trinajstić information content (AvgIpc) is 2.51. The summed E-state index contributed by atoms with van der Waals surface area (Å²) in [5.41, 5.74) is -0.0982. The molecule has 2 aliphatic heterocycles. The lowest BCUT2D eigenvalue weighted by Gasteiger charge is -2.40. The molecule has 0 bridgehead atoms. The van der Waals surface area contributed by atoms with Gasteiger partial charge in [-0.2, -0.15) is 11.8 Å². The number of aliphatic hydroxyl groups is 1. The Labute approximate surface area is 138 Å². The zero-order chi connectivity index (χ0) is 16.1. The van der Waals surface area contributed by atoms with Crippen molar-refractivity contribution in [3.05, 3.63) is 0 Å². The van der Waals surface area contributed by atoms with Gasteiger partial charge in [0.05, 0.1) is 13.2 Å². The number of nitrogens with one attached hydrogen (secondary N) is 1. The number of nitrogens with zero attached hydrogens (tertiary/aromatic N) is 2. The highest BCUT2D eigenvalue weighted by atomic mass is 32.2. The molecule has 2 rings (SSSR count). The molecule has 2 saturated heterocycles. The van der Waals surface area contributed by atoms with Crippen molar-refractivity contribution in [3.63, 3.8) is 0 Å². The fourth-order valence-corrected chi connectivity index (χ4v) is 4.15. The summed E-state index contributed by atoms with van der Waals surface area (Å²) in [5.74, 6) is 2.13. The molecule has 2 fully saturated rings. The average molecular weight is 330 g/mol. The van der Waals surface area contributed by atoms with E-state index >= 15 is 0 Å². The summed E-state index contributed by atoms with van der Waals surface area (Å²) in [4.78, 5) is 7.24. The summed E-state index contributed by atoms with van der Waals surface area (Å²) in [6.07, 6.45) is 1.79. The van der Waals surface area contributed by atoms with E-state index in [1.54, 1.807) is 0 Å². The van der Waals surface area contributed by atoms with Crippen molar-refractivity contribution in [3.8, 4) is 0 Å². The Morgan fingerprint density at radius 3 is 2.68 bits per heavy atom. The van der Waals surface area contributed by atoms with E-state index in [9.17, 15) is 5.11 Å². The van der Waals surface area contributed by atoms with Crippen LogP contribution in [0.1, 0.15) is 33.6 Å². The molecule has 2 aliphatic rings. The van der Waals surface area contributed by atoms with E-state index in [0.717, 1.165) is 57.4 Å². The van der Waals surface area contributed by atoms with Crippen LogP contribution in [0.4, 0.5) is 0 Å². The molecule has 0 aliphatic carbocycles. The van der Waals surface area contributed by atoms with E-state index in [0.29, 0.717) is 6.54 Å². The molecule has 0 unspecified atom stereocenters. The van der Waals surface area contributed by atoms with Crippen molar-refractivity contribution in [2.24, 2.45) is 10.4 Å². The molecule has 6 heteroatoms. The van der Waals surface area contributed by atoms with Gasteiger partial charge in [-0.3, -0.25) is 4.99 Å². The maximum absolute atomic E-state index is 9.82. The Balaban J connectivity index is 2.05. The smallest absolute Gasteiger partial charge is 0.194 e. The minimum absolute atomic E-state index is 0.0982. The SMILES string of the molecule is CCNC(=NCC1(CO)CCOCC1)N1CCSC(C)(C)C1. The van der Waals surface area contributed by atoms with E-state index < -0.39 is 0 Å². The van der Waals surface area contributed by atoms with Crippen LogP contribution in [0.2, 0.25) is 0 Å². The van der Waals surface area contributed by atoms with Gasteiger partial charge in [0.25, 0.3) is 0 Å². The lowest BCUT2D eigenvalue weighted by Crippen LogP contribution is -2.51. The molecule has 2 heterocycles. The molecular weight excluding hydrogens is 298 g/mol. The molecule has 0 saturated carbocycles. The van der Waals surface area contributed by atoms with E-state index in [-0.39, 0.29) is 16.8 Å². The summed E-state index contributed by atoms with van der Waals surface area (Å²) in [5, 5.41) is 13.2. The molecule has 22 heavy (non-hydrogen) atoms. The highest BCUT2D eigenvalue weighted by Crippen LogP contribution is 2.31. The van der Waals surface area contributed by atoms with Crippen LogP contribution in [0.15, 0.2) is 4.99 Å². The van der Waals surface area contributed by atoms with Crippen LogP contribution in [0.5, 0.6) is 0 Å². The van der Waals surface area contributed by atoms with Crippen molar-refractivity contribution < 1.29 is 9.84 Å². The molecule has 0 aromatic heterocycles. The van der Waals surface area contributed by atoms with Crippen molar-refractivity contribution in [2.75, 3.05) is 51.8 Å². The molecule has 128 valence electrons. The van der Waals surface area contributed by atoms with Gasteiger partial charge in [-0.05, 0) is 33.6 Å². The molecule has 5 nitrogen and oxygen atoms in total. The Morgan fingerprint density at radius 2 is 2.09 bits per heavy atom. The summed E-state index contributed by atoms with van der Waals surface area (Å²) in [6.45, 7) is 12.0. The first-order valence-electron chi connectivity index (χ1n) is 8.36. The molecule has 0 spiro atoms. The van der Waals surface area contributed by atoms with Crippen LogP contribution in [0, 0.1) is 5.41 Å². The maximum Gasteiger partial charge on any atom is 0.194 e. The lowest BCUT2D eigenvalue weighted by molar-refractivity contribution is -0.0107. The number of ether oxygens (including phenoxy) is 1. The van der Waals surface area contributed by atoms with Crippen molar-refractivity contribution >= 4 is 17.7 Å². The number of rotatable bonds is 4. The summed E-state index contributed by atoms with van der Waals surface area (Å²) in [7, 11) is 0. The van der Waals surface area contributed by atoms with Gasteiger partial charge in [0.1, 0.15) is 0 Å². The van der Waals surface area contributed by atoms with Gasteiger partial charge >= 0.3 is 0 Å². The summed E-state index contributed by atoms with van der Waals surface area (Å²) in [6, 6.07) is 0. The van der Waals surface area contributed by atoms with Crippen molar-refractivity contribution in [2.45, 2.75) is 38.4 Å². The molecular formula is C16H31N3O2S. The predicted octanol–water partition coefficient (Wildman–Crippen LogP) is 1.57. The van der Waals surface area contributed by atoms with Gasteiger partial charge in [-0.1, -0.05) is 0 Å². The Kier molecular flexibility index (Phi) is 6.41. The maximum atomic E-state index is 9.82. The number of hydrogen-bond donors (Lipinski definition) is 2. The fourth-order valence-electron chi connectivity index (χ4n) is 3.04. The van der Waals surface area contributed by atoms with E-state index in [1.165, 1.54) is 0 Å². The molecule has 0 radical (unpaired) electrons. The molecule has 0 aromatic carbocycles. The second-order valence-corrected chi connectivity index (χ2v) is 8.77. The molecule has 0 aromatic rings. The van der Waals surface area contributed by atoms with E-state index in [2.05, 4.69) is 31.0 Å². The third-order valence-electron chi connectivity index (χ3n) is 4.51. The van der Waals surface area contributed by atoms with Gasteiger partial charge < -0.3 is 20.1 Å². The monoisotopic (exact) mass is 329 g/mol. The minimum Gasteiger partial charge on any atom is -0.396 e. The Morgan fingerprint density at radius 1 is 1.36 bits per heavy atom. The number of aliphatic imine (C=N–C) groups is 1. The van der Waals surface area contributed by atoms with Crippen LogP contribution in [-0.2, 0) is 4.74 Å². The number of guanidine groups is 1. The van der Waals surface area contributed by atoms with Crippen molar-refractivity contribution in [1.29, 1.82) is 0 Å². The largest absolute Gasteiger partial charge is 0.396 e. The van der Waals surface area contributed by atoms with Crippen LogP contribution >= 0.6 is 11.8 Å². The second kappa shape index (κ2) is 7.88. The third kappa shape index (κ3) is 4.77. The Hall–Kier alpha value is -0.460. The first-order valence-corrected chi connectivity index (χ1v) is 9.35. The molecule has 0 atom stereocenters. The number of aliphatic hydroxyl groups excluding tert-OH is 1. The summed E-state index contributed by atoms with van der Waals surface area (Å²) >= 11 is 2.03. The van der Waals surface area contributed by atoms with Gasteiger partial charge in [0, 0.05) is 48.8 Å². The first kappa shape index (κ1) is 17.9. The minimum atomic E-state index is -0.0982. The van der Waals surface area contributed by atoms with Crippen LogP contribution in [0.25, 0.3) is 0 Å². The van der Waals surface area contributed by atoms with Crippen LogP contribution in [-0.4, -0.2) is 72.5 Å². The van der Waals surface area contributed by atoms with Crippen LogP contribution < -0.4 is 5.32 Å². The summed E-state index contributed by atoms with van der Waals surface area (Å²) < 4.78 is 5.70. The van der Waals surface area contributed by atoms with Crippen LogP contribution in [0.3, 0.4) is 0 Å². The molecule has 0 amide bonds. The van der Waals surface area contributed by atoms with E-state index in [4.69, 9.17) is 9.73 Å². The van der Waals surface area contributed by atoms with Gasteiger partial charge in [0.2, 0.25) is 0 Å². The predicted molar refractivity (Wildman–Crippen MR) is 93.7 cm³/mol. The van der Waals surface area contributed by atoms with Gasteiger partial charge in [0.15, 0.2) is 5.96 Å². The van der Waals surface area contributed by atoms with Gasteiger partial charge in [-0.15, -0.1) is 0 Å². The standard InChI is InChI=1S/C16H31N3O2S/c1-4-17-14(19-7-10-22-15(2,3)12-19)18-11-16(13-20)5-8-21-9-6-16/h20H,4-13H2,1-3H3,(H,17,18). The molecule has 2 N–H and O–H groups in total. The van der Waals surface area contributed by atoms with Crippen molar-refractivity contribution in [1.82, 2.24) is 10.2 Å². The highest BCUT2D eigenvalue weighted by Gasteiger charge is 2.33.